The number of rotatable bonds is 0. The highest BCUT2D eigenvalue weighted by Crippen LogP contribution is 2.36. The predicted molar refractivity (Wildman–Crippen MR) is 63.6 cm³/mol. The Labute approximate surface area is 86.9 Å². The lowest BCUT2D eigenvalue weighted by Gasteiger charge is -2.03. The maximum atomic E-state index is 5.80. The van der Waals surface area contributed by atoms with Gasteiger partial charge in [0, 0.05) is 20.7 Å². The zero-order valence-electron chi connectivity index (χ0n) is 7.79. The average Bonchev–Trinajstić information content (AvgIpc) is 2.56. The maximum Gasteiger partial charge on any atom is 0.0353 e. The van der Waals surface area contributed by atoms with Crippen molar-refractivity contribution >= 4 is 33.2 Å². The van der Waals surface area contributed by atoms with E-state index in [9.17, 15) is 0 Å². The Morgan fingerprint density at radius 1 is 1.29 bits per heavy atom. The van der Waals surface area contributed by atoms with Crippen LogP contribution in [0.4, 0.5) is 5.69 Å². The lowest BCUT2D eigenvalue weighted by atomic mass is 10.0. The summed E-state index contributed by atoms with van der Waals surface area (Å²) in [6.07, 6.45) is 6.84. The van der Waals surface area contributed by atoms with Crippen LogP contribution in [0.15, 0.2) is 24.3 Å². The maximum absolute atomic E-state index is 5.80. The molecule has 0 aliphatic heterocycles. The monoisotopic (exact) mass is 201 g/mol. The molecule has 0 amide bonds. The van der Waals surface area contributed by atoms with Gasteiger partial charge in [-0.3, -0.25) is 0 Å². The molecule has 2 N–H and O–H groups in total. The lowest BCUT2D eigenvalue weighted by Crippen LogP contribution is -1.87. The van der Waals surface area contributed by atoms with E-state index in [1.54, 1.807) is 0 Å². The van der Waals surface area contributed by atoms with Crippen LogP contribution in [0.25, 0.3) is 16.2 Å². The highest BCUT2D eigenvalue weighted by Gasteiger charge is 2.11. The van der Waals surface area contributed by atoms with Gasteiger partial charge in [-0.1, -0.05) is 12.2 Å². The second kappa shape index (κ2) is 2.85. The number of nitrogens with two attached hydrogens (primary N) is 1. The molecule has 2 aromatic rings. The van der Waals surface area contributed by atoms with E-state index in [0.717, 1.165) is 5.69 Å². The van der Waals surface area contributed by atoms with Gasteiger partial charge in [0.25, 0.3) is 0 Å². The molecule has 0 radical (unpaired) electrons. The third kappa shape index (κ3) is 1.07. The number of hydrogen-bond donors (Lipinski definition) is 1. The number of allylic oxidation sites excluding steroid dienone is 1. The molecule has 0 spiro atoms. The third-order valence-corrected chi connectivity index (χ3v) is 3.90. The van der Waals surface area contributed by atoms with Gasteiger partial charge in [-0.2, -0.15) is 0 Å². The largest absolute Gasteiger partial charge is 0.399 e. The number of benzene rings is 1. The summed E-state index contributed by atoms with van der Waals surface area (Å²) in [6.45, 7) is 0. The predicted octanol–water partition coefficient (Wildman–Crippen LogP) is 3.44. The first-order chi connectivity index (χ1) is 6.84. The Morgan fingerprint density at radius 2 is 2.21 bits per heavy atom. The van der Waals surface area contributed by atoms with Crippen molar-refractivity contribution in [3.05, 3.63) is 34.7 Å². The van der Waals surface area contributed by atoms with Crippen molar-refractivity contribution in [2.45, 2.75) is 12.8 Å². The van der Waals surface area contributed by atoms with Crippen molar-refractivity contribution in [1.82, 2.24) is 0 Å². The standard InChI is InChI=1S/C12H11NS/c13-8-5-6-12-10(7-8)9-3-1-2-4-11(9)14-12/h1,3,5-7H,2,4,13H2. The number of fused-ring (bicyclic) bond motifs is 3. The molecule has 0 fully saturated rings. The van der Waals surface area contributed by atoms with E-state index < -0.39 is 0 Å². The first kappa shape index (κ1) is 8.06. The molecule has 1 aromatic carbocycles. The van der Waals surface area contributed by atoms with Crippen molar-refractivity contribution in [2.75, 3.05) is 5.73 Å². The van der Waals surface area contributed by atoms with Crippen LogP contribution in [0.2, 0.25) is 0 Å². The van der Waals surface area contributed by atoms with Gasteiger partial charge in [0.1, 0.15) is 0 Å². The minimum absolute atomic E-state index is 0.858. The summed E-state index contributed by atoms with van der Waals surface area (Å²) in [6, 6.07) is 6.19. The zero-order valence-corrected chi connectivity index (χ0v) is 8.60. The van der Waals surface area contributed by atoms with Crippen LogP contribution in [0.1, 0.15) is 16.9 Å². The molecule has 70 valence electrons. The summed E-state index contributed by atoms with van der Waals surface area (Å²) in [7, 11) is 0. The highest BCUT2D eigenvalue weighted by atomic mass is 32.1. The SMILES string of the molecule is Nc1ccc2sc3c(c2c1)C=CCC3. The zero-order chi connectivity index (χ0) is 9.54. The minimum atomic E-state index is 0.858. The average molecular weight is 201 g/mol. The van der Waals surface area contributed by atoms with Gasteiger partial charge in [-0.15, -0.1) is 11.3 Å². The van der Waals surface area contributed by atoms with Gasteiger partial charge in [0.05, 0.1) is 0 Å². The van der Waals surface area contributed by atoms with Crippen molar-refractivity contribution in [3.63, 3.8) is 0 Å². The smallest absolute Gasteiger partial charge is 0.0353 e. The topological polar surface area (TPSA) is 26.0 Å². The van der Waals surface area contributed by atoms with Crippen molar-refractivity contribution in [3.8, 4) is 0 Å². The molecule has 1 aliphatic carbocycles. The fourth-order valence-electron chi connectivity index (χ4n) is 1.97. The van der Waals surface area contributed by atoms with Crippen molar-refractivity contribution in [2.24, 2.45) is 0 Å². The van der Waals surface area contributed by atoms with E-state index in [2.05, 4.69) is 24.3 Å². The Balaban J connectivity index is 2.39. The quantitative estimate of drug-likeness (QED) is 0.649. The minimum Gasteiger partial charge on any atom is -0.399 e. The second-order valence-corrected chi connectivity index (χ2v) is 4.77. The molecule has 0 unspecified atom stereocenters. The van der Waals surface area contributed by atoms with E-state index in [1.165, 1.54) is 33.4 Å². The summed E-state index contributed by atoms with van der Waals surface area (Å²) in [5, 5.41) is 1.32. The molecule has 1 heterocycles. The van der Waals surface area contributed by atoms with Crippen molar-refractivity contribution in [1.29, 1.82) is 0 Å². The molecule has 0 atom stereocenters. The Hall–Kier alpha value is -1.28. The number of hydrogen-bond acceptors (Lipinski definition) is 2. The lowest BCUT2D eigenvalue weighted by molar-refractivity contribution is 1.02. The fourth-order valence-corrected chi connectivity index (χ4v) is 3.16. The third-order valence-electron chi connectivity index (χ3n) is 2.65. The van der Waals surface area contributed by atoms with Crippen LogP contribution in [-0.2, 0) is 6.42 Å². The molecule has 14 heavy (non-hydrogen) atoms. The number of anilines is 1. The van der Waals surface area contributed by atoms with Crippen LogP contribution >= 0.6 is 11.3 Å². The number of aryl methyl sites for hydroxylation is 1. The van der Waals surface area contributed by atoms with E-state index in [-0.39, 0.29) is 0 Å². The summed E-state index contributed by atoms with van der Waals surface area (Å²) in [5.41, 5.74) is 8.05. The van der Waals surface area contributed by atoms with Crippen LogP contribution in [0, 0.1) is 0 Å². The van der Waals surface area contributed by atoms with Crippen LogP contribution in [-0.4, -0.2) is 0 Å². The highest BCUT2D eigenvalue weighted by molar-refractivity contribution is 7.19. The van der Waals surface area contributed by atoms with Crippen LogP contribution < -0.4 is 5.73 Å². The van der Waals surface area contributed by atoms with Gasteiger partial charge >= 0.3 is 0 Å². The summed E-state index contributed by atoms with van der Waals surface area (Å²) in [4.78, 5) is 1.51. The molecular weight excluding hydrogens is 190 g/mol. The molecule has 3 rings (SSSR count). The Bertz CT molecular complexity index is 522. The molecule has 1 aliphatic rings. The van der Waals surface area contributed by atoms with Gasteiger partial charge in [0.2, 0.25) is 0 Å². The Morgan fingerprint density at radius 3 is 3.14 bits per heavy atom. The molecule has 0 bridgehead atoms. The number of nitrogen functional groups attached to an aromatic ring is 1. The molecule has 1 nitrogen and oxygen atoms in total. The molecular formula is C12H11NS. The molecule has 0 saturated heterocycles. The van der Waals surface area contributed by atoms with Gasteiger partial charge in [-0.05, 0) is 36.6 Å². The van der Waals surface area contributed by atoms with E-state index in [0.29, 0.717) is 0 Å². The number of thiophene rings is 1. The van der Waals surface area contributed by atoms with E-state index in [1.807, 2.05) is 17.4 Å². The molecule has 0 saturated carbocycles. The van der Waals surface area contributed by atoms with Crippen LogP contribution in [0.3, 0.4) is 0 Å². The molecule has 2 heteroatoms. The first-order valence-corrected chi connectivity index (χ1v) is 5.64. The molecule has 1 aromatic heterocycles. The van der Waals surface area contributed by atoms with Crippen LogP contribution in [0.5, 0.6) is 0 Å². The van der Waals surface area contributed by atoms with Gasteiger partial charge < -0.3 is 5.73 Å². The second-order valence-electron chi connectivity index (χ2n) is 3.64. The summed E-state index contributed by atoms with van der Waals surface area (Å²) < 4.78 is 1.36. The van der Waals surface area contributed by atoms with Gasteiger partial charge in [-0.25, -0.2) is 0 Å². The van der Waals surface area contributed by atoms with Crippen molar-refractivity contribution < 1.29 is 0 Å². The normalized spacial score (nSPS) is 14.6. The van der Waals surface area contributed by atoms with E-state index in [4.69, 9.17) is 5.73 Å². The first-order valence-electron chi connectivity index (χ1n) is 4.82. The summed E-state index contributed by atoms with van der Waals surface area (Å²) >= 11 is 1.90. The summed E-state index contributed by atoms with van der Waals surface area (Å²) in [5.74, 6) is 0. The Kier molecular flexibility index (Phi) is 1.64. The fraction of sp³-hybridized carbons (Fsp3) is 0.167. The van der Waals surface area contributed by atoms with E-state index >= 15 is 0 Å². The van der Waals surface area contributed by atoms with Gasteiger partial charge in [0.15, 0.2) is 0 Å².